The maximum Gasteiger partial charge on any atom is 0.0536 e. The maximum absolute atomic E-state index is 4.28. The third kappa shape index (κ3) is 2.32. The molecule has 21 heavy (non-hydrogen) atoms. The molecule has 1 aromatic heterocycles. The molecule has 3 nitrogen and oxygen atoms in total. The Morgan fingerprint density at radius 3 is 2.71 bits per heavy atom. The molecule has 1 fully saturated rings. The Kier molecular flexibility index (Phi) is 3.15. The van der Waals surface area contributed by atoms with Crippen molar-refractivity contribution < 1.29 is 0 Å². The molecule has 2 aliphatic rings. The quantitative estimate of drug-likeness (QED) is 0.861. The van der Waals surface area contributed by atoms with Crippen LogP contribution in [0, 0.1) is 0 Å². The zero-order valence-electron chi connectivity index (χ0n) is 12.3. The number of nitrogens with zero attached hydrogens (tertiary/aromatic N) is 3. The zero-order chi connectivity index (χ0) is 14.1. The second kappa shape index (κ2) is 5.15. The third-order valence-corrected chi connectivity index (χ3v) is 5.03. The van der Waals surface area contributed by atoms with E-state index in [1.54, 1.807) is 0 Å². The van der Waals surface area contributed by atoms with E-state index >= 15 is 0 Å². The van der Waals surface area contributed by atoms with Crippen LogP contribution in [0.4, 0.5) is 0 Å². The van der Waals surface area contributed by atoms with Gasteiger partial charge in [-0.15, -0.1) is 0 Å². The predicted octanol–water partition coefficient (Wildman–Crippen LogP) is 2.94. The number of aromatic nitrogens is 2. The average molecular weight is 279 g/mol. The van der Waals surface area contributed by atoms with E-state index in [-0.39, 0.29) is 0 Å². The molecule has 2 heterocycles. The Hall–Kier alpha value is -1.87. The molecule has 0 bridgehead atoms. The molecule has 3 heteroatoms. The van der Waals surface area contributed by atoms with Gasteiger partial charge in [-0.05, 0) is 43.1 Å². The van der Waals surface area contributed by atoms with Crippen LogP contribution in [-0.2, 0) is 12.0 Å². The second-order valence-electron chi connectivity index (χ2n) is 6.19. The molecule has 0 unspecified atom stereocenters. The molecule has 0 saturated carbocycles. The van der Waals surface area contributed by atoms with E-state index in [1.807, 2.05) is 23.1 Å². The average Bonchev–Trinajstić information content (AvgIpc) is 3.17. The SMILES string of the molecule is C1=CC2(CCN(CCn3cccn3)CC2)c2ccccc21. The van der Waals surface area contributed by atoms with Crippen molar-refractivity contribution in [1.29, 1.82) is 0 Å². The van der Waals surface area contributed by atoms with Crippen LogP contribution >= 0.6 is 0 Å². The van der Waals surface area contributed by atoms with Gasteiger partial charge in [-0.2, -0.15) is 5.10 Å². The highest BCUT2D eigenvalue weighted by atomic mass is 15.3. The van der Waals surface area contributed by atoms with Crippen LogP contribution in [0.2, 0.25) is 0 Å². The van der Waals surface area contributed by atoms with Crippen LogP contribution in [0.25, 0.3) is 6.08 Å². The fourth-order valence-corrected chi connectivity index (χ4v) is 3.72. The molecule has 4 rings (SSSR count). The van der Waals surface area contributed by atoms with Crippen molar-refractivity contribution in [2.24, 2.45) is 0 Å². The number of piperidine rings is 1. The van der Waals surface area contributed by atoms with Gasteiger partial charge in [0.05, 0.1) is 6.54 Å². The van der Waals surface area contributed by atoms with Gasteiger partial charge in [0.2, 0.25) is 0 Å². The number of likely N-dealkylation sites (tertiary alicyclic amines) is 1. The van der Waals surface area contributed by atoms with Gasteiger partial charge in [0.1, 0.15) is 0 Å². The van der Waals surface area contributed by atoms with Crippen molar-refractivity contribution in [1.82, 2.24) is 14.7 Å². The summed E-state index contributed by atoms with van der Waals surface area (Å²) in [5, 5.41) is 4.28. The smallest absolute Gasteiger partial charge is 0.0536 e. The van der Waals surface area contributed by atoms with E-state index in [4.69, 9.17) is 0 Å². The summed E-state index contributed by atoms with van der Waals surface area (Å²) in [6.07, 6.45) is 11.1. The third-order valence-electron chi connectivity index (χ3n) is 5.03. The van der Waals surface area contributed by atoms with Crippen LogP contribution in [0.3, 0.4) is 0 Å². The van der Waals surface area contributed by atoms with Crippen molar-refractivity contribution in [2.45, 2.75) is 24.8 Å². The van der Waals surface area contributed by atoms with Crippen LogP contribution in [0.5, 0.6) is 0 Å². The minimum atomic E-state index is 0.304. The van der Waals surface area contributed by atoms with E-state index in [0.29, 0.717) is 5.41 Å². The fraction of sp³-hybridized carbons (Fsp3) is 0.389. The Morgan fingerprint density at radius 2 is 1.90 bits per heavy atom. The summed E-state index contributed by atoms with van der Waals surface area (Å²) in [7, 11) is 0. The Labute approximate surface area is 125 Å². The van der Waals surface area contributed by atoms with Gasteiger partial charge >= 0.3 is 0 Å². The van der Waals surface area contributed by atoms with Crippen molar-refractivity contribution in [3.63, 3.8) is 0 Å². The zero-order valence-corrected chi connectivity index (χ0v) is 12.3. The summed E-state index contributed by atoms with van der Waals surface area (Å²) in [4.78, 5) is 2.57. The second-order valence-corrected chi connectivity index (χ2v) is 6.19. The fourth-order valence-electron chi connectivity index (χ4n) is 3.72. The first-order valence-corrected chi connectivity index (χ1v) is 7.84. The lowest BCUT2D eigenvalue weighted by atomic mass is 9.74. The van der Waals surface area contributed by atoms with E-state index in [1.165, 1.54) is 37.1 Å². The summed E-state index contributed by atoms with van der Waals surface area (Å²) in [6.45, 7) is 4.45. The van der Waals surface area contributed by atoms with Gasteiger partial charge < -0.3 is 4.90 Å². The molecule has 1 aromatic carbocycles. The van der Waals surface area contributed by atoms with Crippen LogP contribution < -0.4 is 0 Å². The first-order valence-electron chi connectivity index (χ1n) is 7.84. The normalized spacial score (nSPS) is 20.0. The molecule has 1 aliphatic heterocycles. The number of rotatable bonds is 3. The first-order chi connectivity index (χ1) is 10.4. The van der Waals surface area contributed by atoms with Crippen molar-refractivity contribution >= 4 is 6.08 Å². The molecule has 0 radical (unpaired) electrons. The van der Waals surface area contributed by atoms with Crippen LogP contribution in [0.15, 0.2) is 48.8 Å². The molecule has 0 atom stereocenters. The number of allylic oxidation sites excluding steroid dienone is 1. The molecule has 0 N–H and O–H groups in total. The van der Waals surface area contributed by atoms with E-state index in [9.17, 15) is 0 Å². The summed E-state index contributed by atoms with van der Waals surface area (Å²) < 4.78 is 2.02. The van der Waals surface area contributed by atoms with Crippen molar-refractivity contribution in [3.05, 3.63) is 59.9 Å². The number of hydrogen-bond acceptors (Lipinski definition) is 2. The molecule has 0 amide bonds. The molecular weight excluding hydrogens is 258 g/mol. The van der Waals surface area contributed by atoms with E-state index in [2.05, 4.69) is 46.4 Å². The molecular formula is C18H21N3. The van der Waals surface area contributed by atoms with Crippen LogP contribution in [0.1, 0.15) is 24.0 Å². The number of hydrogen-bond donors (Lipinski definition) is 0. The summed E-state index contributed by atoms with van der Waals surface area (Å²) in [6, 6.07) is 10.9. The van der Waals surface area contributed by atoms with Gasteiger partial charge in [0.25, 0.3) is 0 Å². The highest BCUT2D eigenvalue weighted by Gasteiger charge is 2.37. The van der Waals surface area contributed by atoms with Crippen LogP contribution in [-0.4, -0.2) is 34.3 Å². The topological polar surface area (TPSA) is 21.1 Å². The highest BCUT2D eigenvalue weighted by molar-refractivity contribution is 5.65. The molecule has 1 saturated heterocycles. The lowest BCUT2D eigenvalue weighted by Crippen LogP contribution is -2.42. The van der Waals surface area contributed by atoms with Crippen molar-refractivity contribution in [3.8, 4) is 0 Å². The molecule has 1 aliphatic carbocycles. The lowest BCUT2D eigenvalue weighted by molar-refractivity contribution is 0.177. The molecule has 108 valence electrons. The largest absolute Gasteiger partial charge is 0.301 e. The predicted molar refractivity (Wildman–Crippen MR) is 85.1 cm³/mol. The van der Waals surface area contributed by atoms with E-state index in [0.717, 1.165) is 13.1 Å². The highest BCUT2D eigenvalue weighted by Crippen LogP contribution is 2.43. The molecule has 1 spiro atoms. The van der Waals surface area contributed by atoms with Crippen molar-refractivity contribution in [2.75, 3.05) is 19.6 Å². The first kappa shape index (κ1) is 12.8. The lowest BCUT2D eigenvalue weighted by Gasteiger charge is -2.39. The van der Waals surface area contributed by atoms with Gasteiger partial charge in [-0.1, -0.05) is 36.4 Å². The summed E-state index contributed by atoms with van der Waals surface area (Å²) in [5.74, 6) is 0. The Bertz CT molecular complexity index is 634. The summed E-state index contributed by atoms with van der Waals surface area (Å²) in [5.41, 5.74) is 3.26. The minimum Gasteiger partial charge on any atom is -0.301 e. The standard InChI is InChI=1S/C18H21N3/c1-2-5-17-16(4-1)6-7-18(17)8-12-20(13-9-18)14-15-21-11-3-10-19-21/h1-7,10-11H,8-9,12-15H2. The van der Waals surface area contributed by atoms with E-state index < -0.39 is 0 Å². The Balaban J connectivity index is 1.40. The number of fused-ring (bicyclic) bond motifs is 2. The molecule has 2 aromatic rings. The summed E-state index contributed by atoms with van der Waals surface area (Å²) >= 11 is 0. The van der Waals surface area contributed by atoms with Gasteiger partial charge in [-0.3, -0.25) is 4.68 Å². The number of benzene rings is 1. The van der Waals surface area contributed by atoms with Gasteiger partial charge in [0.15, 0.2) is 0 Å². The maximum atomic E-state index is 4.28. The monoisotopic (exact) mass is 279 g/mol. The Morgan fingerprint density at radius 1 is 1.05 bits per heavy atom. The van der Waals surface area contributed by atoms with Gasteiger partial charge in [-0.25, -0.2) is 0 Å². The minimum absolute atomic E-state index is 0.304. The van der Waals surface area contributed by atoms with Gasteiger partial charge in [0, 0.05) is 24.4 Å².